The zero-order valence-corrected chi connectivity index (χ0v) is 16.0. The Morgan fingerprint density at radius 1 is 1.14 bits per heavy atom. The van der Waals surface area contributed by atoms with Gasteiger partial charge in [-0.1, -0.05) is 18.2 Å². The molecule has 1 atom stereocenters. The van der Waals surface area contributed by atoms with Crippen molar-refractivity contribution >= 4 is 5.91 Å². The van der Waals surface area contributed by atoms with Crippen molar-refractivity contribution in [1.82, 2.24) is 14.9 Å². The molecule has 1 unspecified atom stereocenters. The van der Waals surface area contributed by atoms with Crippen molar-refractivity contribution in [3.63, 3.8) is 0 Å². The van der Waals surface area contributed by atoms with Crippen LogP contribution in [-0.4, -0.2) is 28.7 Å². The maximum Gasteiger partial charge on any atom is 0.251 e. The number of hydrogen-bond donors (Lipinski definition) is 1. The summed E-state index contributed by atoms with van der Waals surface area (Å²) in [4.78, 5) is 16.8. The summed E-state index contributed by atoms with van der Waals surface area (Å²) in [6.45, 7) is 5.78. The second-order valence-corrected chi connectivity index (χ2v) is 6.90. The normalized spacial score (nSPS) is 13.8. The maximum atomic E-state index is 12.6. The topological polar surface area (TPSA) is 65.4 Å². The number of aromatic nitrogens is 2. The molecule has 2 heterocycles. The largest absolute Gasteiger partial charge is 0.486 e. The van der Waals surface area contributed by atoms with Crippen LogP contribution in [0.3, 0.4) is 0 Å². The van der Waals surface area contributed by atoms with Crippen LogP contribution in [0.2, 0.25) is 0 Å². The van der Waals surface area contributed by atoms with Gasteiger partial charge in [-0.25, -0.2) is 4.98 Å². The monoisotopic (exact) mass is 377 g/mol. The summed E-state index contributed by atoms with van der Waals surface area (Å²) >= 11 is 0. The number of fused-ring (bicyclic) bond motifs is 1. The van der Waals surface area contributed by atoms with E-state index in [0.717, 1.165) is 35.0 Å². The van der Waals surface area contributed by atoms with Gasteiger partial charge in [-0.05, 0) is 49.2 Å². The number of rotatable bonds is 5. The summed E-state index contributed by atoms with van der Waals surface area (Å²) in [6.07, 6.45) is 3.74. The summed E-state index contributed by atoms with van der Waals surface area (Å²) in [5.41, 5.74) is 2.73. The van der Waals surface area contributed by atoms with E-state index in [1.54, 1.807) is 6.20 Å². The Labute approximate surface area is 164 Å². The fourth-order valence-electron chi connectivity index (χ4n) is 3.22. The number of aryl methyl sites for hydroxylation is 1. The Morgan fingerprint density at radius 3 is 2.61 bits per heavy atom. The van der Waals surface area contributed by atoms with Crippen molar-refractivity contribution in [2.24, 2.45) is 0 Å². The molecular weight excluding hydrogens is 354 g/mol. The molecule has 1 aromatic heterocycles. The molecular formula is C22H23N3O3. The molecule has 0 fully saturated rings. The van der Waals surface area contributed by atoms with E-state index in [1.807, 2.05) is 62.5 Å². The van der Waals surface area contributed by atoms with Gasteiger partial charge in [0.2, 0.25) is 0 Å². The highest BCUT2D eigenvalue weighted by atomic mass is 16.6. The lowest BCUT2D eigenvalue weighted by atomic mass is 10.1. The van der Waals surface area contributed by atoms with Gasteiger partial charge in [-0.15, -0.1) is 0 Å². The van der Waals surface area contributed by atoms with Crippen molar-refractivity contribution in [1.29, 1.82) is 0 Å². The number of nitrogens with one attached hydrogen (secondary N) is 1. The highest BCUT2D eigenvalue weighted by molar-refractivity contribution is 5.94. The number of carbonyl (C=O) groups is 1. The van der Waals surface area contributed by atoms with E-state index in [1.165, 1.54) is 0 Å². The van der Waals surface area contributed by atoms with E-state index in [-0.39, 0.29) is 11.9 Å². The summed E-state index contributed by atoms with van der Waals surface area (Å²) in [7, 11) is 0. The van der Waals surface area contributed by atoms with Gasteiger partial charge in [0.25, 0.3) is 5.91 Å². The van der Waals surface area contributed by atoms with Crippen LogP contribution in [0.4, 0.5) is 0 Å². The number of benzene rings is 2. The Morgan fingerprint density at radius 2 is 1.89 bits per heavy atom. The van der Waals surface area contributed by atoms with Crippen LogP contribution in [0.25, 0.3) is 0 Å². The van der Waals surface area contributed by atoms with Crippen LogP contribution in [-0.2, 0) is 6.54 Å². The summed E-state index contributed by atoms with van der Waals surface area (Å²) in [6, 6.07) is 13.3. The zero-order chi connectivity index (χ0) is 19.5. The van der Waals surface area contributed by atoms with Crippen molar-refractivity contribution in [3.05, 3.63) is 77.4 Å². The molecule has 144 valence electrons. The summed E-state index contributed by atoms with van der Waals surface area (Å²) in [5, 5.41) is 3.04. The van der Waals surface area contributed by atoms with Crippen molar-refractivity contribution in [2.75, 3.05) is 13.2 Å². The third-order valence-corrected chi connectivity index (χ3v) is 4.91. The molecule has 6 nitrogen and oxygen atoms in total. The van der Waals surface area contributed by atoms with E-state index < -0.39 is 0 Å². The molecule has 0 bridgehead atoms. The van der Waals surface area contributed by atoms with Gasteiger partial charge < -0.3 is 19.4 Å². The smallest absolute Gasteiger partial charge is 0.251 e. The van der Waals surface area contributed by atoms with Gasteiger partial charge in [-0.3, -0.25) is 4.79 Å². The van der Waals surface area contributed by atoms with E-state index in [9.17, 15) is 4.79 Å². The minimum absolute atomic E-state index is 0.104. The van der Waals surface area contributed by atoms with Crippen LogP contribution in [0.5, 0.6) is 11.5 Å². The van der Waals surface area contributed by atoms with Crippen molar-refractivity contribution in [2.45, 2.75) is 26.4 Å². The fraction of sp³-hybridized carbons (Fsp3) is 0.273. The Balaban J connectivity index is 1.41. The first-order valence-corrected chi connectivity index (χ1v) is 9.37. The van der Waals surface area contributed by atoms with Gasteiger partial charge in [0.15, 0.2) is 11.5 Å². The summed E-state index contributed by atoms with van der Waals surface area (Å²) < 4.78 is 13.2. The minimum Gasteiger partial charge on any atom is -0.486 e. The molecule has 1 N–H and O–H groups in total. The first kappa shape index (κ1) is 18.1. The van der Waals surface area contributed by atoms with Crippen molar-refractivity contribution in [3.8, 4) is 11.5 Å². The molecule has 1 aliphatic rings. The maximum absolute atomic E-state index is 12.6. The molecule has 0 saturated heterocycles. The Hall–Kier alpha value is -3.28. The van der Waals surface area contributed by atoms with E-state index in [2.05, 4.69) is 14.9 Å². The standard InChI is InChI=1S/C22H23N3O3/c1-15(19-7-8-20-21(13-19)28-12-11-27-20)24-22(26)18-5-3-17(4-6-18)14-25-10-9-23-16(25)2/h3-10,13,15H,11-12,14H2,1-2H3,(H,24,26). The second kappa shape index (κ2) is 7.76. The van der Waals surface area contributed by atoms with Crippen LogP contribution < -0.4 is 14.8 Å². The Kier molecular flexibility index (Phi) is 5.02. The molecule has 0 saturated carbocycles. The van der Waals surface area contributed by atoms with Crippen LogP contribution >= 0.6 is 0 Å². The molecule has 1 aliphatic heterocycles. The molecule has 4 rings (SSSR count). The molecule has 3 aromatic rings. The quantitative estimate of drug-likeness (QED) is 0.739. The third kappa shape index (κ3) is 3.86. The average Bonchev–Trinajstić information content (AvgIpc) is 3.12. The Bertz CT molecular complexity index is 979. The van der Waals surface area contributed by atoms with E-state index in [4.69, 9.17) is 9.47 Å². The highest BCUT2D eigenvalue weighted by Gasteiger charge is 2.16. The molecule has 0 aliphatic carbocycles. The van der Waals surface area contributed by atoms with Crippen LogP contribution in [0.1, 0.15) is 40.3 Å². The third-order valence-electron chi connectivity index (χ3n) is 4.91. The highest BCUT2D eigenvalue weighted by Crippen LogP contribution is 2.32. The predicted octanol–water partition coefficient (Wildman–Crippen LogP) is 3.50. The van der Waals surface area contributed by atoms with Crippen molar-refractivity contribution < 1.29 is 14.3 Å². The number of hydrogen-bond acceptors (Lipinski definition) is 4. The minimum atomic E-state index is -0.142. The van der Waals surface area contributed by atoms with Crippen LogP contribution in [0, 0.1) is 6.92 Å². The molecule has 1 amide bonds. The molecule has 28 heavy (non-hydrogen) atoms. The van der Waals surface area contributed by atoms with Gasteiger partial charge in [0.05, 0.1) is 6.04 Å². The lowest BCUT2D eigenvalue weighted by Crippen LogP contribution is -2.26. The molecule has 2 aromatic carbocycles. The summed E-state index contributed by atoms with van der Waals surface area (Å²) in [5.74, 6) is 2.34. The van der Waals surface area contributed by atoms with E-state index >= 15 is 0 Å². The average molecular weight is 377 g/mol. The van der Waals surface area contributed by atoms with Crippen LogP contribution in [0.15, 0.2) is 54.9 Å². The van der Waals surface area contributed by atoms with Gasteiger partial charge in [0.1, 0.15) is 19.0 Å². The second-order valence-electron chi connectivity index (χ2n) is 6.90. The fourth-order valence-corrected chi connectivity index (χ4v) is 3.22. The number of imidazole rings is 1. The van der Waals surface area contributed by atoms with Gasteiger partial charge >= 0.3 is 0 Å². The number of nitrogens with zero attached hydrogens (tertiary/aromatic N) is 2. The lowest BCUT2D eigenvalue weighted by Gasteiger charge is -2.21. The molecule has 0 radical (unpaired) electrons. The van der Waals surface area contributed by atoms with E-state index in [0.29, 0.717) is 18.8 Å². The lowest BCUT2D eigenvalue weighted by molar-refractivity contribution is 0.0939. The number of carbonyl (C=O) groups excluding carboxylic acids is 1. The van der Waals surface area contributed by atoms with Gasteiger partial charge in [-0.2, -0.15) is 0 Å². The molecule has 0 spiro atoms. The zero-order valence-electron chi connectivity index (χ0n) is 16.0. The number of amides is 1. The first-order chi connectivity index (χ1) is 13.6. The first-order valence-electron chi connectivity index (χ1n) is 9.37. The van der Waals surface area contributed by atoms with Gasteiger partial charge in [0, 0.05) is 24.5 Å². The number of ether oxygens (including phenoxy) is 2. The predicted molar refractivity (Wildman–Crippen MR) is 106 cm³/mol. The molecule has 6 heteroatoms. The SMILES string of the molecule is Cc1nccn1Cc1ccc(C(=O)NC(C)c2ccc3c(c2)OCCO3)cc1.